The van der Waals surface area contributed by atoms with Crippen LogP contribution in [0.4, 0.5) is 0 Å². The molecule has 5 aliphatic rings. The van der Waals surface area contributed by atoms with Gasteiger partial charge < -0.3 is 73.0 Å². The standard InChI is InChI=1S/C10H18O3.C10H20O3.C10H18O3.C5H10O2.C5H12O2.C5H10O2/c1-3-7-11-9(5-1)13-10-6-2-4-8-12-10;2*11-7-3-1-4-8-12-10-6-2-5-9-13-10;6-5-3-1-2-4-7-5;2*6-4-2-1-3-5-7/h9-10H,1-8H2;10-11H,1-9H2;7,10H,1-6,8-9H2;5-6H,1-4H2;6-7H,1-5H2;4,7H,1-3,5H2. The molecule has 0 bridgehead atoms. The zero-order valence-electron chi connectivity index (χ0n) is 37.2. The molecule has 5 saturated heterocycles. The molecule has 5 rings (SSSR count). The fraction of sp³-hybridized carbons (Fsp3) is 0.956. The molecule has 0 aromatic heterocycles. The molecule has 0 aromatic rings. The van der Waals surface area contributed by atoms with Crippen LogP contribution in [0.15, 0.2) is 0 Å². The van der Waals surface area contributed by atoms with E-state index in [1.54, 1.807) is 0 Å². The second-order valence-corrected chi connectivity index (χ2v) is 15.2. The normalized spacial score (nSPS) is 23.8. The number of rotatable bonds is 22. The minimum absolute atomic E-state index is 0.00292. The summed E-state index contributed by atoms with van der Waals surface area (Å²) in [6.45, 7) is 6.59. The monoisotopic (exact) mass is 869 g/mol. The van der Waals surface area contributed by atoms with E-state index < -0.39 is 6.29 Å². The van der Waals surface area contributed by atoms with Crippen molar-refractivity contribution in [3.05, 3.63) is 0 Å². The average molecular weight is 869 g/mol. The Labute approximate surface area is 362 Å². The first-order valence-electron chi connectivity index (χ1n) is 23.5. The van der Waals surface area contributed by atoms with Crippen molar-refractivity contribution in [2.45, 2.75) is 205 Å². The van der Waals surface area contributed by atoms with Crippen LogP contribution in [-0.4, -0.2) is 142 Å². The lowest BCUT2D eigenvalue weighted by Crippen LogP contribution is -2.31. The molecular formula is C45H88O15. The lowest BCUT2D eigenvalue weighted by atomic mass is 10.2. The van der Waals surface area contributed by atoms with Crippen LogP contribution >= 0.6 is 0 Å². The first kappa shape index (κ1) is 58.8. The van der Waals surface area contributed by atoms with Gasteiger partial charge in [-0.15, -0.1) is 0 Å². The van der Waals surface area contributed by atoms with Crippen molar-refractivity contribution in [3.63, 3.8) is 0 Å². The van der Waals surface area contributed by atoms with Crippen molar-refractivity contribution in [2.75, 3.05) is 72.7 Å². The van der Waals surface area contributed by atoms with Gasteiger partial charge in [-0.1, -0.05) is 0 Å². The smallest absolute Gasteiger partial charge is 0.160 e. The van der Waals surface area contributed by atoms with E-state index >= 15 is 0 Å². The minimum Gasteiger partial charge on any atom is -0.396 e. The molecule has 5 heterocycles. The van der Waals surface area contributed by atoms with Gasteiger partial charge in [0, 0.05) is 85.5 Å². The van der Waals surface area contributed by atoms with E-state index in [4.69, 9.17) is 63.4 Å². The van der Waals surface area contributed by atoms with Gasteiger partial charge in [0.2, 0.25) is 0 Å². The number of aliphatic hydroxyl groups excluding tert-OH is 5. The Morgan fingerprint density at radius 2 is 0.733 bits per heavy atom. The molecule has 60 heavy (non-hydrogen) atoms. The quantitative estimate of drug-likeness (QED) is 0.0571. The van der Waals surface area contributed by atoms with E-state index in [1.807, 2.05) is 0 Å². The molecule has 5 atom stereocenters. The maximum Gasteiger partial charge on any atom is 0.160 e. The average Bonchev–Trinajstić information content (AvgIpc) is 3.29. The van der Waals surface area contributed by atoms with Gasteiger partial charge in [0.15, 0.2) is 31.5 Å². The van der Waals surface area contributed by atoms with Gasteiger partial charge in [-0.3, -0.25) is 0 Å². The van der Waals surface area contributed by atoms with Crippen LogP contribution in [0.3, 0.4) is 0 Å². The predicted molar refractivity (Wildman–Crippen MR) is 229 cm³/mol. The number of hydrogen-bond donors (Lipinski definition) is 5. The summed E-state index contributed by atoms with van der Waals surface area (Å²) < 4.78 is 43.3. The lowest BCUT2D eigenvalue weighted by molar-refractivity contribution is -0.264. The van der Waals surface area contributed by atoms with E-state index in [1.165, 1.54) is 44.9 Å². The van der Waals surface area contributed by atoms with Crippen molar-refractivity contribution in [1.82, 2.24) is 0 Å². The predicted octanol–water partition coefficient (Wildman–Crippen LogP) is 6.64. The molecule has 5 aliphatic heterocycles. The molecule has 0 spiro atoms. The molecule has 5 unspecified atom stereocenters. The van der Waals surface area contributed by atoms with E-state index in [2.05, 4.69) is 0 Å². The minimum atomic E-state index is -0.464. The van der Waals surface area contributed by atoms with Crippen LogP contribution in [0, 0.1) is 0 Å². The Balaban J connectivity index is 0.000000714. The largest absolute Gasteiger partial charge is 0.396 e. The van der Waals surface area contributed by atoms with Gasteiger partial charge in [-0.25, -0.2) is 0 Å². The lowest BCUT2D eigenvalue weighted by Gasteiger charge is -2.29. The fourth-order valence-electron chi connectivity index (χ4n) is 6.11. The first-order chi connectivity index (χ1) is 29.5. The highest BCUT2D eigenvalue weighted by Crippen LogP contribution is 2.21. The Kier molecular flexibility index (Phi) is 47.9. The summed E-state index contributed by atoms with van der Waals surface area (Å²) in [5.41, 5.74) is 0. The van der Waals surface area contributed by atoms with Gasteiger partial charge in [0.05, 0.1) is 0 Å². The summed E-state index contributed by atoms with van der Waals surface area (Å²) in [6, 6.07) is 0. The van der Waals surface area contributed by atoms with Gasteiger partial charge in [0.25, 0.3) is 0 Å². The number of aliphatic hydroxyl groups is 5. The molecule has 15 nitrogen and oxygen atoms in total. The van der Waals surface area contributed by atoms with Gasteiger partial charge >= 0.3 is 0 Å². The topological polar surface area (TPSA) is 209 Å². The molecular weight excluding hydrogens is 780 g/mol. The van der Waals surface area contributed by atoms with E-state index in [0.29, 0.717) is 19.4 Å². The highest BCUT2D eigenvalue weighted by atomic mass is 16.8. The number of hydrogen-bond acceptors (Lipinski definition) is 15. The maximum absolute atomic E-state index is 10.0. The summed E-state index contributed by atoms with van der Waals surface area (Å²) in [7, 11) is 0. The zero-order chi connectivity index (χ0) is 43.8. The van der Waals surface area contributed by atoms with Crippen molar-refractivity contribution < 1.29 is 73.0 Å². The van der Waals surface area contributed by atoms with Crippen LogP contribution in [0.2, 0.25) is 0 Å². The Hall–Kier alpha value is -1.18. The number of carbonyl (C=O) groups excluding carboxylic acids is 2. The van der Waals surface area contributed by atoms with Crippen LogP contribution < -0.4 is 0 Å². The summed E-state index contributed by atoms with van der Waals surface area (Å²) in [5, 5.41) is 41.8. The summed E-state index contributed by atoms with van der Waals surface area (Å²) in [4.78, 5) is 19.6. The van der Waals surface area contributed by atoms with Crippen molar-refractivity contribution in [1.29, 1.82) is 0 Å². The second kappa shape index (κ2) is 48.8. The molecule has 0 radical (unpaired) electrons. The van der Waals surface area contributed by atoms with Crippen molar-refractivity contribution >= 4 is 12.6 Å². The Bertz CT molecular complexity index is 808. The molecule has 0 aromatic carbocycles. The van der Waals surface area contributed by atoms with Gasteiger partial charge in [-0.05, 0) is 161 Å². The van der Waals surface area contributed by atoms with E-state index in [-0.39, 0.29) is 45.0 Å². The number of carbonyl (C=O) groups is 2. The van der Waals surface area contributed by atoms with Crippen LogP contribution in [0.25, 0.3) is 0 Å². The molecule has 5 fully saturated rings. The summed E-state index contributed by atoms with van der Waals surface area (Å²) in [5.74, 6) is 0. The third-order valence-electron chi connectivity index (χ3n) is 9.68. The third kappa shape index (κ3) is 42.1. The fourth-order valence-corrected chi connectivity index (χ4v) is 6.11. The molecule has 0 amide bonds. The van der Waals surface area contributed by atoms with Gasteiger partial charge in [0.1, 0.15) is 12.6 Å². The van der Waals surface area contributed by atoms with Crippen LogP contribution in [0.5, 0.6) is 0 Å². The SMILES string of the molecule is C1CCC(OC2CCCCO2)OC1.O=CCCCCO.O=CCCCCOC1CCCCO1.OC1CCCCO1.OCCCCCO.OCCCCCOC1CCCCO1. The van der Waals surface area contributed by atoms with Crippen molar-refractivity contribution in [2.24, 2.45) is 0 Å². The Morgan fingerprint density at radius 3 is 1.05 bits per heavy atom. The van der Waals surface area contributed by atoms with Gasteiger partial charge in [-0.2, -0.15) is 0 Å². The summed E-state index contributed by atoms with van der Waals surface area (Å²) in [6.07, 6.45) is 28.3. The number of ether oxygens (including phenoxy) is 8. The highest BCUT2D eigenvalue weighted by molar-refractivity contribution is 5.49. The zero-order valence-corrected chi connectivity index (χ0v) is 37.2. The first-order valence-corrected chi connectivity index (χ1v) is 23.5. The highest BCUT2D eigenvalue weighted by Gasteiger charge is 2.22. The van der Waals surface area contributed by atoms with E-state index in [0.717, 1.165) is 174 Å². The maximum atomic E-state index is 10.0. The van der Waals surface area contributed by atoms with Crippen LogP contribution in [-0.2, 0) is 47.5 Å². The molecule has 0 aliphatic carbocycles. The molecule has 358 valence electrons. The summed E-state index contributed by atoms with van der Waals surface area (Å²) >= 11 is 0. The Morgan fingerprint density at radius 1 is 0.400 bits per heavy atom. The number of unbranched alkanes of at least 4 members (excludes halogenated alkanes) is 8. The van der Waals surface area contributed by atoms with Crippen LogP contribution in [0.1, 0.15) is 173 Å². The van der Waals surface area contributed by atoms with E-state index in [9.17, 15) is 9.59 Å². The number of aldehydes is 2. The third-order valence-corrected chi connectivity index (χ3v) is 9.68. The second-order valence-electron chi connectivity index (χ2n) is 15.2. The molecule has 0 saturated carbocycles. The molecule has 15 heteroatoms. The molecule has 5 N–H and O–H groups in total. The van der Waals surface area contributed by atoms with Crippen molar-refractivity contribution in [3.8, 4) is 0 Å².